The van der Waals surface area contributed by atoms with Gasteiger partial charge in [0.25, 0.3) is 0 Å². The predicted molar refractivity (Wildman–Crippen MR) is 106 cm³/mol. The van der Waals surface area contributed by atoms with Gasteiger partial charge in [-0.25, -0.2) is 0 Å². The molecule has 1 saturated heterocycles. The van der Waals surface area contributed by atoms with Gasteiger partial charge in [-0.15, -0.1) is 10.2 Å². The number of likely N-dealkylation sites (tertiary alicyclic amines) is 1. The summed E-state index contributed by atoms with van der Waals surface area (Å²) in [6.45, 7) is 2.21. The number of hydrogen-bond acceptors (Lipinski definition) is 5. The van der Waals surface area contributed by atoms with E-state index in [1.165, 1.54) is 19.4 Å². The van der Waals surface area contributed by atoms with Crippen LogP contribution in [0.25, 0.3) is 22.0 Å². The maximum Gasteiger partial charge on any atom is 0.156 e. The van der Waals surface area contributed by atoms with Crippen LogP contribution in [0.1, 0.15) is 12.8 Å². The highest BCUT2D eigenvalue weighted by molar-refractivity contribution is 6.00. The van der Waals surface area contributed by atoms with E-state index < -0.39 is 0 Å². The normalized spacial score (nSPS) is 18.0. The number of aromatic nitrogens is 2. The zero-order valence-electron chi connectivity index (χ0n) is 15.3. The Kier molecular flexibility index (Phi) is 4.71. The molecule has 0 aliphatic carbocycles. The third kappa shape index (κ3) is 3.35. The molecule has 5 nitrogen and oxygen atoms in total. The fraction of sp³-hybridized carbons (Fsp3) is 0.333. The Bertz CT molecular complexity index is 894. The van der Waals surface area contributed by atoms with Gasteiger partial charge in [-0.2, -0.15) is 0 Å². The second-order valence-corrected chi connectivity index (χ2v) is 6.92. The van der Waals surface area contributed by atoms with Crippen molar-refractivity contribution in [3.8, 4) is 17.0 Å². The molecule has 134 valence electrons. The molecule has 26 heavy (non-hydrogen) atoms. The number of ether oxygens (including phenoxy) is 1. The average molecular weight is 348 g/mol. The summed E-state index contributed by atoms with van der Waals surface area (Å²) in [6.07, 6.45) is 2.38. The zero-order valence-corrected chi connectivity index (χ0v) is 15.3. The van der Waals surface area contributed by atoms with Crippen molar-refractivity contribution in [1.82, 2.24) is 15.1 Å². The van der Waals surface area contributed by atoms with Crippen LogP contribution in [-0.4, -0.2) is 48.4 Å². The number of hydrogen-bond donors (Lipinski definition) is 1. The van der Waals surface area contributed by atoms with Crippen LogP contribution in [0.2, 0.25) is 0 Å². The smallest absolute Gasteiger partial charge is 0.156 e. The first-order valence-electron chi connectivity index (χ1n) is 9.09. The molecule has 0 saturated carbocycles. The van der Waals surface area contributed by atoms with E-state index >= 15 is 0 Å². The first-order chi connectivity index (χ1) is 12.7. The minimum Gasteiger partial charge on any atom is -0.497 e. The van der Waals surface area contributed by atoms with Gasteiger partial charge in [-0.3, -0.25) is 0 Å². The number of fused-ring (bicyclic) bond motifs is 1. The van der Waals surface area contributed by atoms with Crippen molar-refractivity contribution in [3.05, 3.63) is 48.5 Å². The topological polar surface area (TPSA) is 50.3 Å². The lowest BCUT2D eigenvalue weighted by Gasteiger charge is -2.30. The van der Waals surface area contributed by atoms with E-state index in [0.717, 1.165) is 40.1 Å². The lowest BCUT2D eigenvalue weighted by molar-refractivity contribution is 0.261. The molecule has 1 unspecified atom stereocenters. The van der Waals surface area contributed by atoms with Crippen molar-refractivity contribution >= 4 is 16.6 Å². The number of benzene rings is 2. The van der Waals surface area contributed by atoms with Gasteiger partial charge in [0.1, 0.15) is 11.4 Å². The van der Waals surface area contributed by atoms with Gasteiger partial charge in [0, 0.05) is 28.9 Å². The van der Waals surface area contributed by atoms with Crippen LogP contribution in [-0.2, 0) is 0 Å². The van der Waals surface area contributed by atoms with E-state index in [4.69, 9.17) is 4.74 Å². The number of methoxy groups -OCH3 is 1. The molecular formula is C21H24N4O. The van der Waals surface area contributed by atoms with Crippen molar-refractivity contribution in [2.24, 2.45) is 0 Å². The summed E-state index contributed by atoms with van der Waals surface area (Å²) in [5.41, 5.74) is 1.94. The largest absolute Gasteiger partial charge is 0.497 e. The Morgan fingerprint density at radius 2 is 1.81 bits per heavy atom. The van der Waals surface area contributed by atoms with Crippen molar-refractivity contribution < 1.29 is 4.74 Å². The molecule has 3 aromatic rings. The minimum absolute atomic E-state index is 0.415. The maximum atomic E-state index is 5.25. The summed E-state index contributed by atoms with van der Waals surface area (Å²) in [5, 5.41) is 14.9. The molecule has 2 aromatic carbocycles. The van der Waals surface area contributed by atoms with Crippen LogP contribution in [0, 0.1) is 0 Å². The highest BCUT2D eigenvalue weighted by Gasteiger charge is 2.19. The number of piperidine rings is 1. The van der Waals surface area contributed by atoms with Gasteiger partial charge in [-0.1, -0.05) is 24.3 Å². The van der Waals surface area contributed by atoms with Crippen LogP contribution < -0.4 is 10.1 Å². The second kappa shape index (κ2) is 7.30. The van der Waals surface area contributed by atoms with Gasteiger partial charge in [0.2, 0.25) is 0 Å². The SMILES string of the molecule is COc1ccc(-c2nnc(NC3CCCN(C)C3)c3ccccc23)cc1. The van der Waals surface area contributed by atoms with Crippen LogP contribution in [0.3, 0.4) is 0 Å². The average Bonchev–Trinajstić information content (AvgIpc) is 2.68. The molecule has 0 spiro atoms. The first-order valence-corrected chi connectivity index (χ1v) is 9.09. The molecule has 5 heteroatoms. The number of likely N-dealkylation sites (N-methyl/N-ethyl adjacent to an activating group) is 1. The Morgan fingerprint density at radius 1 is 1.04 bits per heavy atom. The molecule has 0 amide bonds. The molecule has 1 aliphatic heterocycles. The van der Waals surface area contributed by atoms with E-state index in [1.54, 1.807) is 7.11 Å². The highest BCUT2D eigenvalue weighted by atomic mass is 16.5. The summed E-state index contributed by atoms with van der Waals surface area (Å²) < 4.78 is 5.25. The molecule has 1 aromatic heterocycles. The van der Waals surface area contributed by atoms with Crippen molar-refractivity contribution in [1.29, 1.82) is 0 Å². The number of nitrogens with zero attached hydrogens (tertiary/aromatic N) is 3. The Hall–Kier alpha value is -2.66. The van der Waals surface area contributed by atoms with Gasteiger partial charge < -0.3 is 15.0 Å². The van der Waals surface area contributed by atoms with Crippen LogP contribution in [0.15, 0.2) is 48.5 Å². The Morgan fingerprint density at radius 3 is 2.54 bits per heavy atom. The van der Waals surface area contributed by atoms with Gasteiger partial charge in [0.05, 0.1) is 7.11 Å². The molecule has 0 bridgehead atoms. The summed E-state index contributed by atoms with van der Waals surface area (Å²) in [6, 6.07) is 16.7. The lowest BCUT2D eigenvalue weighted by Crippen LogP contribution is -2.40. The highest BCUT2D eigenvalue weighted by Crippen LogP contribution is 2.31. The lowest BCUT2D eigenvalue weighted by atomic mass is 10.0. The standard InChI is InChI=1S/C21H24N4O/c1-25-13-5-6-16(14-25)22-21-19-8-4-3-7-18(19)20(23-24-21)15-9-11-17(26-2)12-10-15/h3-4,7-12,16H,5-6,13-14H2,1-2H3,(H,22,24). The zero-order chi connectivity index (χ0) is 17.9. The van der Waals surface area contributed by atoms with Crippen molar-refractivity contribution in [3.63, 3.8) is 0 Å². The number of anilines is 1. The van der Waals surface area contributed by atoms with Crippen LogP contribution in [0.4, 0.5) is 5.82 Å². The third-order valence-corrected chi connectivity index (χ3v) is 5.02. The summed E-state index contributed by atoms with van der Waals surface area (Å²) >= 11 is 0. The van der Waals surface area contributed by atoms with E-state index in [9.17, 15) is 0 Å². The first kappa shape index (κ1) is 16.8. The Balaban J connectivity index is 1.70. The summed E-state index contributed by atoms with van der Waals surface area (Å²) in [4.78, 5) is 2.36. The van der Waals surface area contributed by atoms with Crippen molar-refractivity contribution in [2.75, 3.05) is 32.6 Å². The van der Waals surface area contributed by atoms with E-state index in [0.29, 0.717) is 6.04 Å². The van der Waals surface area contributed by atoms with E-state index in [1.807, 2.05) is 24.3 Å². The molecule has 2 heterocycles. The Labute approximate surface area is 154 Å². The fourth-order valence-corrected chi connectivity index (χ4v) is 3.65. The second-order valence-electron chi connectivity index (χ2n) is 6.92. The van der Waals surface area contributed by atoms with Gasteiger partial charge in [0.15, 0.2) is 5.82 Å². The van der Waals surface area contributed by atoms with Gasteiger partial charge >= 0.3 is 0 Å². The van der Waals surface area contributed by atoms with Crippen LogP contribution in [0.5, 0.6) is 5.75 Å². The third-order valence-electron chi connectivity index (χ3n) is 5.02. The molecule has 1 aliphatic rings. The molecule has 0 radical (unpaired) electrons. The predicted octanol–water partition coefficient (Wildman–Crippen LogP) is 3.81. The van der Waals surface area contributed by atoms with Crippen molar-refractivity contribution in [2.45, 2.75) is 18.9 Å². The van der Waals surface area contributed by atoms with E-state index in [-0.39, 0.29) is 0 Å². The quantitative estimate of drug-likeness (QED) is 0.777. The molecule has 1 atom stereocenters. The number of nitrogens with one attached hydrogen (secondary N) is 1. The summed E-state index contributed by atoms with van der Waals surface area (Å²) in [5.74, 6) is 1.71. The van der Waals surface area contributed by atoms with Gasteiger partial charge in [-0.05, 0) is 50.7 Å². The minimum atomic E-state index is 0.415. The summed E-state index contributed by atoms with van der Waals surface area (Å²) in [7, 11) is 3.85. The van der Waals surface area contributed by atoms with E-state index in [2.05, 4.69) is 51.7 Å². The maximum absolute atomic E-state index is 5.25. The number of rotatable bonds is 4. The monoisotopic (exact) mass is 348 g/mol. The molecular weight excluding hydrogens is 324 g/mol. The molecule has 1 N–H and O–H groups in total. The van der Waals surface area contributed by atoms with Crippen LogP contribution >= 0.6 is 0 Å². The molecule has 4 rings (SSSR count). The fourth-order valence-electron chi connectivity index (χ4n) is 3.65. The molecule has 1 fully saturated rings.